The van der Waals surface area contributed by atoms with Crippen LogP contribution in [0, 0.1) is 0 Å². The van der Waals surface area contributed by atoms with E-state index in [9.17, 15) is 0 Å². The van der Waals surface area contributed by atoms with Crippen LogP contribution in [-0.4, -0.2) is 24.6 Å². The molecule has 0 aromatic carbocycles. The van der Waals surface area contributed by atoms with Gasteiger partial charge in [-0.15, -0.1) is 11.3 Å². The van der Waals surface area contributed by atoms with Gasteiger partial charge in [0.15, 0.2) is 5.13 Å². The van der Waals surface area contributed by atoms with Crippen molar-refractivity contribution in [2.24, 2.45) is 0 Å². The maximum absolute atomic E-state index is 4.39. The summed E-state index contributed by atoms with van der Waals surface area (Å²) < 4.78 is 0. The molecule has 0 aliphatic rings. The van der Waals surface area contributed by atoms with Crippen LogP contribution in [0.5, 0.6) is 0 Å². The van der Waals surface area contributed by atoms with Gasteiger partial charge in [-0.3, -0.25) is 0 Å². The highest BCUT2D eigenvalue weighted by molar-refractivity contribution is 7.15. The SMILES string of the molecule is CCNCc1cnc(N(C)C(C)C)s1. The molecule has 1 N–H and O–H groups in total. The van der Waals surface area contributed by atoms with E-state index in [1.54, 1.807) is 11.3 Å². The van der Waals surface area contributed by atoms with Crippen LogP contribution >= 0.6 is 11.3 Å². The fourth-order valence-electron chi connectivity index (χ4n) is 1.01. The molecule has 0 aliphatic carbocycles. The third-order valence-electron chi connectivity index (χ3n) is 2.17. The predicted octanol–water partition coefficient (Wildman–Crippen LogP) is 2.10. The Labute approximate surface area is 90.2 Å². The summed E-state index contributed by atoms with van der Waals surface area (Å²) in [5.74, 6) is 0. The van der Waals surface area contributed by atoms with Gasteiger partial charge >= 0.3 is 0 Å². The topological polar surface area (TPSA) is 28.2 Å². The molecule has 0 saturated heterocycles. The average molecular weight is 213 g/mol. The first-order valence-electron chi connectivity index (χ1n) is 5.03. The molecule has 14 heavy (non-hydrogen) atoms. The van der Waals surface area contributed by atoms with Crippen LogP contribution < -0.4 is 10.2 Å². The Morgan fingerprint density at radius 2 is 2.29 bits per heavy atom. The second-order valence-corrected chi connectivity index (χ2v) is 4.69. The molecule has 0 aliphatic heterocycles. The smallest absolute Gasteiger partial charge is 0.185 e. The van der Waals surface area contributed by atoms with E-state index in [4.69, 9.17) is 0 Å². The zero-order valence-electron chi connectivity index (χ0n) is 9.37. The summed E-state index contributed by atoms with van der Waals surface area (Å²) in [6.45, 7) is 8.40. The van der Waals surface area contributed by atoms with E-state index in [0.717, 1.165) is 18.2 Å². The predicted molar refractivity (Wildman–Crippen MR) is 63.0 cm³/mol. The highest BCUT2D eigenvalue weighted by atomic mass is 32.1. The Bertz CT molecular complexity index is 270. The molecule has 0 spiro atoms. The van der Waals surface area contributed by atoms with E-state index in [1.807, 2.05) is 6.20 Å². The minimum atomic E-state index is 0.508. The van der Waals surface area contributed by atoms with Crippen LogP contribution in [0.3, 0.4) is 0 Å². The van der Waals surface area contributed by atoms with E-state index in [1.165, 1.54) is 4.88 Å². The molecule has 0 atom stereocenters. The standard InChI is InChI=1S/C10H19N3S/c1-5-11-6-9-7-12-10(14-9)13(4)8(2)3/h7-8,11H,5-6H2,1-4H3. The molecule has 1 heterocycles. The van der Waals surface area contributed by atoms with Gasteiger partial charge in [0, 0.05) is 30.7 Å². The summed E-state index contributed by atoms with van der Waals surface area (Å²) in [4.78, 5) is 7.89. The maximum Gasteiger partial charge on any atom is 0.185 e. The van der Waals surface area contributed by atoms with Crippen LogP contribution in [0.4, 0.5) is 5.13 Å². The molecule has 0 saturated carbocycles. The molecular formula is C10H19N3S. The zero-order chi connectivity index (χ0) is 10.6. The number of hydrogen-bond acceptors (Lipinski definition) is 4. The van der Waals surface area contributed by atoms with Crippen molar-refractivity contribution in [2.75, 3.05) is 18.5 Å². The van der Waals surface area contributed by atoms with Gasteiger partial charge in [-0.1, -0.05) is 6.92 Å². The first-order chi connectivity index (χ1) is 6.65. The molecule has 0 amide bonds. The molecular weight excluding hydrogens is 194 g/mol. The number of anilines is 1. The quantitative estimate of drug-likeness (QED) is 0.812. The third-order valence-corrected chi connectivity index (χ3v) is 3.25. The van der Waals surface area contributed by atoms with Crippen LogP contribution in [-0.2, 0) is 6.54 Å². The van der Waals surface area contributed by atoms with Gasteiger partial charge in [-0.05, 0) is 20.4 Å². The van der Waals surface area contributed by atoms with E-state index >= 15 is 0 Å². The lowest BCUT2D eigenvalue weighted by molar-refractivity contribution is 0.734. The molecule has 1 aromatic rings. The first-order valence-corrected chi connectivity index (χ1v) is 5.85. The zero-order valence-corrected chi connectivity index (χ0v) is 10.2. The van der Waals surface area contributed by atoms with Gasteiger partial charge < -0.3 is 10.2 Å². The van der Waals surface area contributed by atoms with Crippen molar-refractivity contribution in [3.8, 4) is 0 Å². The van der Waals surface area contributed by atoms with Crippen molar-refractivity contribution >= 4 is 16.5 Å². The van der Waals surface area contributed by atoms with E-state index in [0.29, 0.717) is 6.04 Å². The highest BCUT2D eigenvalue weighted by Crippen LogP contribution is 2.22. The van der Waals surface area contributed by atoms with E-state index < -0.39 is 0 Å². The second kappa shape index (κ2) is 5.32. The minimum Gasteiger partial charge on any atom is -0.349 e. The Morgan fingerprint density at radius 3 is 2.86 bits per heavy atom. The summed E-state index contributed by atoms with van der Waals surface area (Å²) in [5, 5.41) is 4.40. The van der Waals surface area contributed by atoms with Gasteiger partial charge in [0.2, 0.25) is 0 Å². The summed E-state index contributed by atoms with van der Waals surface area (Å²) >= 11 is 1.76. The summed E-state index contributed by atoms with van der Waals surface area (Å²) in [6.07, 6.45) is 1.96. The van der Waals surface area contributed by atoms with Crippen molar-refractivity contribution in [3.05, 3.63) is 11.1 Å². The van der Waals surface area contributed by atoms with Crippen molar-refractivity contribution in [1.82, 2.24) is 10.3 Å². The summed E-state index contributed by atoms with van der Waals surface area (Å²) in [5.41, 5.74) is 0. The second-order valence-electron chi connectivity index (χ2n) is 3.59. The van der Waals surface area contributed by atoms with Gasteiger partial charge in [0.05, 0.1) is 0 Å². The molecule has 1 rings (SSSR count). The van der Waals surface area contributed by atoms with Gasteiger partial charge in [0.25, 0.3) is 0 Å². The van der Waals surface area contributed by atoms with Gasteiger partial charge in [-0.25, -0.2) is 4.98 Å². The van der Waals surface area contributed by atoms with Crippen LogP contribution in [0.15, 0.2) is 6.20 Å². The number of rotatable bonds is 5. The third kappa shape index (κ3) is 2.96. The molecule has 0 bridgehead atoms. The Hall–Kier alpha value is -0.610. The van der Waals surface area contributed by atoms with Crippen molar-refractivity contribution in [3.63, 3.8) is 0 Å². The van der Waals surface area contributed by atoms with Gasteiger partial charge in [-0.2, -0.15) is 0 Å². The monoisotopic (exact) mass is 213 g/mol. The molecule has 80 valence electrons. The molecule has 0 fully saturated rings. The number of nitrogens with zero attached hydrogens (tertiary/aromatic N) is 2. The Morgan fingerprint density at radius 1 is 1.57 bits per heavy atom. The fourth-order valence-corrected chi connectivity index (χ4v) is 1.99. The molecule has 0 radical (unpaired) electrons. The first kappa shape index (κ1) is 11.5. The number of hydrogen-bond donors (Lipinski definition) is 1. The molecule has 0 unspecified atom stereocenters. The highest BCUT2D eigenvalue weighted by Gasteiger charge is 2.09. The van der Waals surface area contributed by atoms with Crippen molar-refractivity contribution < 1.29 is 0 Å². The number of thiazole rings is 1. The Balaban J connectivity index is 2.58. The number of aromatic nitrogens is 1. The summed E-state index contributed by atoms with van der Waals surface area (Å²) in [6, 6.07) is 0.508. The summed E-state index contributed by atoms with van der Waals surface area (Å²) in [7, 11) is 2.08. The fraction of sp³-hybridized carbons (Fsp3) is 0.700. The molecule has 1 aromatic heterocycles. The molecule has 3 nitrogen and oxygen atoms in total. The average Bonchev–Trinajstić information content (AvgIpc) is 2.61. The van der Waals surface area contributed by atoms with E-state index in [-0.39, 0.29) is 0 Å². The van der Waals surface area contributed by atoms with Gasteiger partial charge in [0.1, 0.15) is 0 Å². The lowest BCUT2D eigenvalue weighted by atomic mass is 10.4. The number of nitrogens with one attached hydrogen (secondary N) is 1. The maximum atomic E-state index is 4.39. The van der Waals surface area contributed by atoms with Crippen LogP contribution in [0.1, 0.15) is 25.6 Å². The largest absolute Gasteiger partial charge is 0.349 e. The van der Waals surface area contributed by atoms with Crippen LogP contribution in [0.2, 0.25) is 0 Å². The lowest BCUT2D eigenvalue weighted by Crippen LogP contribution is -2.25. The van der Waals surface area contributed by atoms with E-state index in [2.05, 4.69) is 43.0 Å². The van der Waals surface area contributed by atoms with Crippen LogP contribution in [0.25, 0.3) is 0 Å². The van der Waals surface area contributed by atoms with Crippen molar-refractivity contribution in [1.29, 1.82) is 0 Å². The Kier molecular flexibility index (Phi) is 4.35. The van der Waals surface area contributed by atoms with Crippen molar-refractivity contribution in [2.45, 2.75) is 33.4 Å². The molecule has 4 heteroatoms. The normalized spacial score (nSPS) is 10.9. The minimum absolute atomic E-state index is 0.508. The lowest BCUT2D eigenvalue weighted by Gasteiger charge is -2.19.